The lowest BCUT2D eigenvalue weighted by Gasteiger charge is -2.31. The van der Waals surface area contributed by atoms with Gasteiger partial charge in [0.05, 0.1) is 69.8 Å². The van der Waals surface area contributed by atoms with E-state index in [0.717, 1.165) is 236 Å². The zero-order valence-electron chi connectivity index (χ0n) is 81.3. The minimum Gasteiger partial charge on any atom is -0.507 e. The van der Waals surface area contributed by atoms with Crippen LogP contribution in [0.25, 0.3) is 68.3 Å². The number of aliphatic hydroxyl groups is 1. The number of aromatic hydroxyl groups is 6. The predicted octanol–water partition coefficient (Wildman–Crippen LogP) is 18.6. The fourth-order valence-electron chi connectivity index (χ4n) is 20.6. The van der Waals surface area contributed by atoms with E-state index in [2.05, 4.69) is 67.9 Å². The Bertz CT molecular complexity index is 6100. The molecule has 0 spiro atoms. The number of nitrogens with one attached hydrogen (secondary N) is 2. The largest absolute Gasteiger partial charge is 0.507 e. The fourth-order valence-corrected chi connectivity index (χ4v) is 20.6. The van der Waals surface area contributed by atoms with Crippen LogP contribution in [0.3, 0.4) is 0 Å². The maximum Gasteiger partial charge on any atom is 0.165 e. The molecule has 0 bridgehead atoms. The Hall–Kier alpha value is -12.7. The Kier molecular flexibility index (Phi) is 32.4. The van der Waals surface area contributed by atoms with Gasteiger partial charge in [0.1, 0.15) is 69.4 Å². The first-order valence-corrected chi connectivity index (χ1v) is 50.8. The lowest BCUT2D eigenvalue weighted by Crippen LogP contribution is -2.38. The summed E-state index contributed by atoms with van der Waals surface area (Å²) in [4.78, 5) is 69.4. The predicted molar refractivity (Wildman–Crippen MR) is 548 cm³/mol. The highest BCUT2D eigenvalue weighted by Crippen LogP contribution is 2.43. The van der Waals surface area contributed by atoms with E-state index in [1.807, 2.05) is 110 Å². The molecule has 4 aliphatic heterocycles. The maximum absolute atomic E-state index is 10.2. The zero-order valence-corrected chi connectivity index (χ0v) is 81.3. The molecule has 0 amide bonds. The van der Waals surface area contributed by atoms with E-state index in [1.165, 1.54) is 141 Å². The molecule has 10 heterocycles. The van der Waals surface area contributed by atoms with Gasteiger partial charge >= 0.3 is 0 Å². The molecule has 4 fully saturated rings. The smallest absolute Gasteiger partial charge is 0.165 e. The first-order valence-electron chi connectivity index (χ1n) is 50.8. The number of nitrogens with zero attached hydrogens (tertiary/aromatic N) is 17. The Morgan fingerprint density at radius 3 is 0.971 bits per heavy atom. The first-order chi connectivity index (χ1) is 67.3. The van der Waals surface area contributed by atoms with Gasteiger partial charge in [0, 0.05) is 130 Å². The summed E-state index contributed by atoms with van der Waals surface area (Å²) in [5, 5.41) is 76.9. The number of para-hydroxylation sites is 6. The van der Waals surface area contributed by atoms with Crippen molar-refractivity contribution in [3.05, 3.63) is 213 Å². The lowest BCUT2D eigenvalue weighted by molar-refractivity contribution is 0.122. The third kappa shape index (κ3) is 23.5. The highest BCUT2D eigenvalue weighted by molar-refractivity contribution is 5.73. The summed E-state index contributed by atoms with van der Waals surface area (Å²) >= 11 is 0. The van der Waals surface area contributed by atoms with Gasteiger partial charge in [0.2, 0.25) is 0 Å². The third-order valence-electron chi connectivity index (χ3n) is 28.3. The van der Waals surface area contributed by atoms with Crippen LogP contribution in [-0.2, 0) is 81.8 Å². The minimum atomic E-state index is -0.447. The molecule has 9 N–H and O–H groups in total. The molecule has 27 heteroatoms. The van der Waals surface area contributed by atoms with E-state index in [9.17, 15) is 35.7 Å². The lowest BCUT2D eigenvalue weighted by atomic mass is 9.88. The number of fused-ring (bicyclic) bond motifs is 6. The second-order valence-electron chi connectivity index (χ2n) is 38.9. The Balaban J connectivity index is 0.000000115. The minimum absolute atomic E-state index is 0.179. The van der Waals surface area contributed by atoms with Crippen molar-refractivity contribution in [3.63, 3.8) is 0 Å². The van der Waals surface area contributed by atoms with Crippen molar-refractivity contribution >= 4 is 34.9 Å². The molecular weight excluding hydrogens is 1730 g/mol. The third-order valence-corrected chi connectivity index (χ3v) is 28.3. The van der Waals surface area contributed by atoms with Crippen LogP contribution in [0, 0.1) is 17.8 Å². The Morgan fingerprint density at radius 1 is 0.333 bits per heavy atom. The molecule has 10 aliphatic rings. The normalized spacial score (nSPS) is 18.1. The second kappa shape index (κ2) is 46.2. The van der Waals surface area contributed by atoms with Gasteiger partial charge in [-0.2, -0.15) is 0 Å². The highest BCUT2D eigenvalue weighted by atomic mass is 16.5. The number of rotatable bonds is 17. The summed E-state index contributed by atoms with van der Waals surface area (Å²) in [6, 6.07) is 43.8. The fraction of sp³-hybridized carbons (Fsp3) is 0.459. The molecule has 0 saturated carbocycles. The van der Waals surface area contributed by atoms with Crippen LogP contribution in [0.2, 0.25) is 0 Å². The van der Waals surface area contributed by atoms with E-state index in [1.54, 1.807) is 49.4 Å². The molecule has 22 rings (SSSR count). The molecule has 4 unspecified atom stereocenters. The summed E-state index contributed by atoms with van der Waals surface area (Å²) in [6.45, 7) is 20.5. The standard InChI is InChI=1S/C19H26N4O.2C19H23N3O.C18H21N3O2.C18H23N3O2.C18H21N3O/c1-13-8-9-14-16(12-13)21-18(15-6-4-5-7-17(15)24)22-19(14)23(3)11-10-20-2;1-13-8-9-14-16(12-13)20-18(15-6-2-3-7-17(15)23)21-19(14)22-10-4-5-11-22;23-17-11-5-4-9-15(17)18-20-16-10-3-1-2-8-14(16)19(21-18)22-12-6-7-13-22;22-16-8-4-2-6-14(16)17-19-15-7-3-1-5-13(15)18(20-17)21-9-11-23-12-10-21;1-11-7-8-13-15(9-11)20-18(14-5-3-4-6-16(14)23)21-17(13)19-10-12(2)22;22-16-10-4-2-8-14(16)17-19-15-9-3-1-7-13(15)18(20-17)21-11-5-6-12-21/h4-7,13,20,24H,8-12H2,1-3H3;2-3,6-7,13,23H,4-5,8-12H2,1H3;4-5,9,11,23H,1-3,6-8,10,12-13H2;2,4,6,8,22H,1,3,5,7,9-12H2;3-6,11-12,22-23H,7-10H2,1-2H3,(H,19,20,21);2,4,8,10,22H,1,3,5-7,9,11-12H2. The second-order valence-corrected chi connectivity index (χ2v) is 38.9. The van der Waals surface area contributed by atoms with Gasteiger partial charge in [-0.1, -0.05) is 100.0 Å². The van der Waals surface area contributed by atoms with Gasteiger partial charge in [-0.3, -0.25) is 0 Å². The SMILES string of the molecule is CC(O)CNc1nc(-c2ccccc2O)nc2c1CCC(C)C2.CC1CCc2c(nc(-c3ccccc3O)nc2N2CCCC2)C1.CNCCN(C)c1nc(-c2ccccc2O)nc2c1CCC(C)C2.Oc1ccccc1-c1nc2c(c(N3CCCC3)n1)CCCC2.Oc1ccccc1-c1nc2c(c(N3CCCC3)n1)CCCCC2.Oc1ccccc1-c1nc2c(c(N3CCOCC3)n1)CCCC2. The van der Waals surface area contributed by atoms with E-state index >= 15 is 0 Å². The number of ether oxygens (including phenoxy) is 1. The molecule has 4 atom stereocenters. The first kappa shape index (κ1) is 96.9. The topological polar surface area (TPSA) is 346 Å². The highest BCUT2D eigenvalue weighted by Gasteiger charge is 2.33. The van der Waals surface area contributed by atoms with Crippen molar-refractivity contribution in [3.8, 4) is 103 Å². The summed E-state index contributed by atoms with van der Waals surface area (Å²) in [7, 11) is 4.03. The number of phenolic OH excluding ortho intramolecular Hbond substituents is 6. The number of hydrogen-bond acceptors (Lipinski definition) is 27. The van der Waals surface area contributed by atoms with Gasteiger partial charge in [0.15, 0.2) is 34.9 Å². The molecule has 138 heavy (non-hydrogen) atoms. The van der Waals surface area contributed by atoms with Crippen molar-refractivity contribution in [1.82, 2.24) is 65.1 Å². The van der Waals surface area contributed by atoms with Crippen molar-refractivity contribution < 1.29 is 40.5 Å². The Labute approximate surface area is 812 Å². The number of morpholine rings is 1. The van der Waals surface area contributed by atoms with E-state index in [0.29, 0.717) is 75.9 Å². The van der Waals surface area contributed by atoms with Crippen LogP contribution in [0.4, 0.5) is 34.9 Å². The molecule has 27 nitrogen and oxygen atoms in total. The van der Waals surface area contributed by atoms with Gasteiger partial charge in [-0.05, 0) is 278 Å². The van der Waals surface area contributed by atoms with Crippen molar-refractivity contribution in [1.29, 1.82) is 0 Å². The van der Waals surface area contributed by atoms with Crippen LogP contribution >= 0.6 is 0 Å². The average molecular weight is 1870 g/mol. The monoisotopic (exact) mass is 1860 g/mol. The number of anilines is 6. The summed E-state index contributed by atoms with van der Waals surface area (Å²) < 4.78 is 5.47. The summed E-state index contributed by atoms with van der Waals surface area (Å²) in [5.41, 5.74) is 18.8. The van der Waals surface area contributed by atoms with Crippen molar-refractivity contribution in [2.24, 2.45) is 17.8 Å². The van der Waals surface area contributed by atoms with Crippen LogP contribution in [0.5, 0.6) is 34.5 Å². The number of benzene rings is 6. The van der Waals surface area contributed by atoms with Crippen LogP contribution in [0.15, 0.2) is 146 Å². The number of aromatic nitrogens is 12. The van der Waals surface area contributed by atoms with Crippen LogP contribution < -0.4 is 35.1 Å². The maximum atomic E-state index is 10.2. The number of hydrogen-bond donors (Lipinski definition) is 9. The van der Waals surface area contributed by atoms with Gasteiger partial charge in [-0.15, -0.1) is 0 Å². The van der Waals surface area contributed by atoms with Gasteiger partial charge < -0.3 is 75.6 Å². The molecule has 12 aromatic rings. The number of phenols is 6. The van der Waals surface area contributed by atoms with Crippen LogP contribution in [0.1, 0.15) is 198 Å². The molecule has 724 valence electrons. The molecule has 6 aliphatic carbocycles. The molecule has 6 aromatic carbocycles. The zero-order chi connectivity index (χ0) is 95.5. The number of likely N-dealkylation sites (N-methyl/N-ethyl adjacent to an activating group) is 2. The molecule has 6 aromatic heterocycles. The quantitative estimate of drug-likeness (QED) is 0.0382. The van der Waals surface area contributed by atoms with E-state index in [4.69, 9.17) is 59.6 Å². The number of aryl methyl sites for hydroxylation is 3. The van der Waals surface area contributed by atoms with Gasteiger partial charge in [0.25, 0.3) is 0 Å². The van der Waals surface area contributed by atoms with Gasteiger partial charge in [-0.25, -0.2) is 59.8 Å². The van der Waals surface area contributed by atoms with Crippen molar-refractivity contribution in [2.75, 3.05) is 129 Å². The van der Waals surface area contributed by atoms with E-state index in [-0.39, 0.29) is 34.5 Å². The van der Waals surface area contributed by atoms with E-state index < -0.39 is 6.10 Å². The molecular formula is C111H137N19O8. The average Bonchev–Trinajstić information content (AvgIpc) is 1.20. The molecule has 4 saturated heterocycles. The molecule has 0 radical (unpaired) electrons. The summed E-state index contributed by atoms with van der Waals surface area (Å²) in [5.74, 6) is 13.2. The Morgan fingerprint density at radius 2 is 0.616 bits per heavy atom. The van der Waals surface area contributed by atoms with Crippen LogP contribution in [-0.4, -0.2) is 201 Å². The summed E-state index contributed by atoms with van der Waals surface area (Å²) in [6.07, 6.45) is 31.2. The number of aliphatic hydroxyl groups excluding tert-OH is 1. The van der Waals surface area contributed by atoms with Crippen molar-refractivity contribution in [2.45, 2.75) is 214 Å².